The van der Waals surface area contributed by atoms with Crippen molar-refractivity contribution in [2.24, 2.45) is 0 Å². The molecule has 0 amide bonds. The number of nitrogens with zero attached hydrogens (tertiary/aromatic N) is 1. The fourth-order valence-electron chi connectivity index (χ4n) is 1.48. The average Bonchev–Trinajstić information content (AvgIpc) is 2.46. The van der Waals surface area contributed by atoms with Gasteiger partial charge < -0.3 is 9.84 Å². The second-order valence-electron chi connectivity index (χ2n) is 3.79. The first-order valence-corrected chi connectivity index (χ1v) is 6.63. The van der Waals surface area contributed by atoms with Gasteiger partial charge in [0.1, 0.15) is 5.75 Å². The molecule has 0 saturated carbocycles. The highest BCUT2D eigenvalue weighted by atomic mass is 32.2. The third kappa shape index (κ3) is 3.48. The zero-order valence-electron chi connectivity index (χ0n) is 10.4. The lowest BCUT2D eigenvalue weighted by molar-refractivity contribution is 0.0600. The summed E-state index contributed by atoms with van der Waals surface area (Å²) >= 11 is 1.49. The van der Waals surface area contributed by atoms with E-state index in [1.54, 1.807) is 24.3 Å². The van der Waals surface area contributed by atoms with Crippen LogP contribution in [0.15, 0.2) is 47.5 Å². The average molecular weight is 275 g/mol. The summed E-state index contributed by atoms with van der Waals surface area (Å²) in [6.07, 6.45) is 1.49. The number of pyridine rings is 1. The molecule has 0 fully saturated rings. The van der Waals surface area contributed by atoms with Crippen molar-refractivity contribution in [1.29, 1.82) is 0 Å². The summed E-state index contributed by atoms with van der Waals surface area (Å²) in [6, 6.07) is 10.6. The van der Waals surface area contributed by atoms with E-state index < -0.39 is 5.97 Å². The van der Waals surface area contributed by atoms with Gasteiger partial charge in [-0.15, -0.1) is 11.8 Å². The van der Waals surface area contributed by atoms with Crippen molar-refractivity contribution in [3.8, 4) is 5.75 Å². The molecule has 1 aromatic heterocycles. The molecule has 0 radical (unpaired) electrons. The molecule has 1 aromatic carbocycles. The molecule has 0 bridgehead atoms. The Hall–Kier alpha value is -2.01. The Kier molecular flexibility index (Phi) is 4.41. The number of aromatic hydroxyl groups is 1. The van der Waals surface area contributed by atoms with E-state index in [4.69, 9.17) is 0 Å². The van der Waals surface area contributed by atoms with Crippen LogP contribution in [-0.4, -0.2) is 23.2 Å². The van der Waals surface area contributed by atoms with Crippen molar-refractivity contribution in [2.75, 3.05) is 7.11 Å². The second-order valence-corrected chi connectivity index (χ2v) is 4.80. The minimum atomic E-state index is -0.396. The van der Waals surface area contributed by atoms with Gasteiger partial charge in [-0.2, -0.15) is 0 Å². The summed E-state index contributed by atoms with van der Waals surface area (Å²) in [5.74, 6) is 0.491. The Morgan fingerprint density at radius 3 is 2.74 bits per heavy atom. The molecule has 0 aliphatic carbocycles. The van der Waals surface area contributed by atoms with Crippen LogP contribution in [0.25, 0.3) is 0 Å². The molecule has 0 spiro atoms. The van der Waals surface area contributed by atoms with Gasteiger partial charge in [0, 0.05) is 16.8 Å². The molecule has 0 aliphatic rings. The maximum Gasteiger partial charge on any atom is 0.339 e. The third-order valence-corrected chi connectivity index (χ3v) is 3.58. The number of thioether (sulfide) groups is 1. The minimum absolute atomic E-state index is 0.263. The predicted molar refractivity (Wildman–Crippen MR) is 73.2 cm³/mol. The van der Waals surface area contributed by atoms with Gasteiger partial charge in [0.2, 0.25) is 0 Å². The topological polar surface area (TPSA) is 59.4 Å². The summed E-state index contributed by atoms with van der Waals surface area (Å²) in [7, 11) is 1.34. The van der Waals surface area contributed by atoms with Crippen LogP contribution in [-0.2, 0) is 10.5 Å². The quantitative estimate of drug-likeness (QED) is 0.686. The molecule has 19 heavy (non-hydrogen) atoms. The fourth-order valence-corrected chi connectivity index (χ4v) is 2.34. The highest BCUT2D eigenvalue weighted by Crippen LogP contribution is 2.29. The van der Waals surface area contributed by atoms with E-state index in [0.717, 1.165) is 10.6 Å². The van der Waals surface area contributed by atoms with E-state index in [0.29, 0.717) is 11.3 Å². The number of hydrogen-bond donors (Lipinski definition) is 1. The van der Waals surface area contributed by atoms with Crippen LogP contribution in [0.2, 0.25) is 0 Å². The van der Waals surface area contributed by atoms with Gasteiger partial charge in [-0.1, -0.05) is 12.1 Å². The van der Waals surface area contributed by atoms with Gasteiger partial charge in [-0.05, 0) is 24.3 Å². The fraction of sp³-hybridized carbons (Fsp3) is 0.143. The second kappa shape index (κ2) is 6.24. The van der Waals surface area contributed by atoms with Crippen LogP contribution < -0.4 is 0 Å². The van der Waals surface area contributed by atoms with E-state index in [1.165, 1.54) is 25.1 Å². The van der Waals surface area contributed by atoms with Crippen LogP contribution in [0, 0.1) is 0 Å². The Bertz CT molecular complexity index is 569. The number of rotatable bonds is 4. The molecule has 5 heteroatoms. The molecular formula is C14H13NO3S. The Morgan fingerprint density at radius 2 is 2.11 bits per heavy atom. The number of methoxy groups -OCH3 is 1. The maximum absolute atomic E-state index is 11.2. The number of para-hydroxylation sites is 1. The van der Waals surface area contributed by atoms with Crippen molar-refractivity contribution in [3.63, 3.8) is 0 Å². The zero-order chi connectivity index (χ0) is 13.7. The number of carbonyl (C=O) groups is 1. The van der Waals surface area contributed by atoms with Crippen LogP contribution in [0.1, 0.15) is 16.1 Å². The molecular weight excluding hydrogens is 262 g/mol. The molecule has 98 valence electrons. The van der Waals surface area contributed by atoms with Crippen LogP contribution in [0.4, 0.5) is 0 Å². The van der Waals surface area contributed by atoms with Gasteiger partial charge in [0.05, 0.1) is 18.4 Å². The number of esters is 1. The Balaban J connectivity index is 2.01. The molecule has 0 unspecified atom stereocenters. The van der Waals surface area contributed by atoms with Crippen molar-refractivity contribution in [2.45, 2.75) is 10.6 Å². The summed E-state index contributed by atoms with van der Waals surface area (Å²) < 4.78 is 4.60. The smallest absolute Gasteiger partial charge is 0.339 e. The number of benzene rings is 1. The molecule has 2 aromatic rings. The first-order valence-electron chi connectivity index (χ1n) is 5.64. The molecule has 2 rings (SSSR count). The highest BCUT2D eigenvalue weighted by Gasteiger charge is 2.06. The van der Waals surface area contributed by atoms with Gasteiger partial charge >= 0.3 is 5.97 Å². The van der Waals surface area contributed by atoms with Crippen molar-refractivity contribution in [1.82, 2.24) is 4.98 Å². The summed E-state index contributed by atoms with van der Waals surface area (Å²) in [5, 5.41) is 9.63. The molecule has 4 nitrogen and oxygen atoms in total. The largest absolute Gasteiger partial charge is 0.507 e. The van der Waals surface area contributed by atoms with E-state index in [9.17, 15) is 9.90 Å². The summed E-state index contributed by atoms with van der Waals surface area (Å²) in [4.78, 5) is 16.2. The first-order chi connectivity index (χ1) is 9.20. The molecule has 1 N–H and O–H groups in total. The lowest BCUT2D eigenvalue weighted by atomic mass is 10.2. The molecule has 1 heterocycles. The van der Waals surface area contributed by atoms with Crippen LogP contribution in [0.5, 0.6) is 5.75 Å². The molecule has 0 aliphatic heterocycles. The monoisotopic (exact) mass is 275 g/mol. The van der Waals surface area contributed by atoms with Crippen LogP contribution >= 0.6 is 11.8 Å². The normalized spacial score (nSPS) is 10.2. The maximum atomic E-state index is 11.2. The first kappa shape index (κ1) is 13.4. The van der Waals surface area contributed by atoms with E-state index in [-0.39, 0.29) is 5.75 Å². The Labute approximate surface area is 115 Å². The van der Waals surface area contributed by atoms with E-state index in [2.05, 4.69) is 9.72 Å². The number of carbonyl (C=O) groups excluding carboxylic acids is 1. The SMILES string of the molecule is COC(=O)c1ccc(CSc2ccccc2O)nc1. The van der Waals surface area contributed by atoms with Gasteiger partial charge in [-0.25, -0.2) is 4.79 Å². The van der Waals surface area contributed by atoms with E-state index in [1.807, 2.05) is 12.1 Å². The summed E-state index contributed by atoms with van der Waals surface area (Å²) in [5.41, 5.74) is 1.26. The van der Waals surface area contributed by atoms with Gasteiger partial charge in [-0.3, -0.25) is 4.98 Å². The standard InChI is InChI=1S/C14H13NO3S/c1-18-14(17)10-6-7-11(15-8-10)9-19-13-5-3-2-4-12(13)16/h2-8,16H,9H2,1H3. The van der Waals surface area contributed by atoms with Gasteiger partial charge in [0.25, 0.3) is 0 Å². The number of aromatic nitrogens is 1. The predicted octanol–water partition coefficient (Wildman–Crippen LogP) is 2.87. The minimum Gasteiger partial charge on any atom is -0.507 e. The van der Waals surface area contributed by atoms with Crippen molar-refractivity contribution >= 4 is 17.7 Å². The third-order valence-electron chi connectivity index (χ3n) is 2.49. The van der Waals surface area contributed by atoms with Crippen LogP contribution in [0.3, 0.4) is 0 Å². The number of phenols is 1. The lowest BCUT2D eigenvalue weighted by Crippen LogP contribution is -2.02. The lowest BCUT2D eigenvalue weighted by Gasteiger charge is -2.04. The number of phenolic OH excluding ortho intramolecular Hbond substituents is 1. The number of ether oxygens (including phenoxy) is 1. The van der Waals surface area contributed by atoms with Gasteiger partial charge in [0.15, 0.2) is 0 Å². The molecule has 0 atom stereocenters. The molecule has 0 saturated heterocycles. The van der Waals surface area contributed by atoms with Crippen molar-refractivity contribution < 1.29 is 14.6 Å². The summed E-state index contributed by atoms with van der Waals surface area (Å²) in [6.45, 7) is 0. The van der Waals surface area contributed by atoms with E-state index >= 15 is 0 Å². The zero-order valence-corrected chi connectivity index (χ0v) is 11.2. The highest BCUT2D eigenvalue weighted by molar-refractivity contribution is 7.98. The Morgan fingerprint density at radius 1 is 1.32 bits per heavy atom. The van der Waals surface area contributed by atoms with Crippen molar-refractivity contribution in [3.05, 3.63) is 53.9 Å². The number of hydrogen-bond acceptors (Lipinski definition) is 5.